The molecule has 4 rings (SSSR count). The van der Waals surface area contributed by atoms with Crippen molar-refractivity contribution in [1.29, 1.82) is 0 Å². The third-order valence-corrected chi connectivity index (χ3v) is 6.22. The predicted molar refractivity (Wildman–Crippen MR) is 135 cm³/mol. The molecular formula is C29H33N3O. The average molecular weight is 440 g/mol. The fourth-order valence-electron chi connectivity index (χ4n) is 4.22. The second-order valence-corrected chi connectivity index (χ2v) is 9.88. The molecule has 4 nitrogen and oxygen atoms in total. The van der Waals surface area contributed by atoms with Gasteiger partial charge in [0.1, 0.15) is 5.82 Å². The lowest BCUT2D eigenvalue weighted by Crippen LogP contribution is -2.30. The van der Waals surface area contributed by atoms with E-state index in [0.29, 0.717) is 13.0 Å². The van der Waals surface area contributed by atoms with Gasteiger partial charge in [0, 0.05) is 6.54 Å². The Morgan fingerprint density at radius 3 is 2.33 bits per heavy atom. The van der Waals surface area contributed by atoms with Gasteiger partial charge in [0.2, 0.25) is 5.91 Å². The minimum absolute atomic E-state index is 0.00457. The molecule has 0 aliphatic carbocycles. The number of amides is 1. The summed E-state index contributed by atoms with van der Waals surface area (Å²) in [4.78, 5) is 17.7. The summed E-state index contributed by atoms with van der Waals surface area (Å²) in [5, 5.41) is 3.17. The lowest BCUT2D eigenvalue weighted by atomic mass is 9.87. The van der Waals surface area contributed by atoms with Gasteiger partial charge >= 0.3 is 0 Å². The summed E-state index contributed by atoms with van der Waals surface area (Å²) in [6, 6.07) is 24.8. The van der Waals surface area contributed by atoms with Crippen molar-refractivity contribution in [3.05, 3.63) is 101 Å². The Morgan fingerprint density at radius 2 is 1.64 bits per heavy atom. The summed E-state index contributed by atoms with van der Waals surface area (Å²) >= 11 is 0. The molecule has 0 aliphatic rings. The zero-order chi connectivity index (χ0) is 23.6. The summed E-state index contributed by atoms with van der Waals surface area (Å²) in [6.45, 7) is 11.4. The predicted octanol–water partition coefficient (Wildman–Crippen LogP) is 6.11. The van der Waals surface area contributed by atoms with E-state index in [0.717, 1.165) is 28.0 Å². The number of aryl methyl sites for hydroxylation is 1. The monoisotopic (exact) mass is 439 g/mol. The Bertz CT molecular complexity index is 1260. The van der Waals surface area contributed by atoms with E-state index in [9.17, 15) is 4.79 Å². The number of imidazole rings is 1. The zero-order valence-corrected chi connectivity index (χ0v) is 20.2. The van der Waals surface area contributed by atoms with Crippen LogP contribution in [0.1, 0.15) is 61.8 Å². The molecular weight excluding hydrogens is 406 g/mol. The van der Waals surface area contributed by atoms with Crippen molar-refractivity contribution in [1.82, 2.24) is 14.9 Å². The van der Waals surface area contributed by atoms with Crippen LogP contribution in [0.15, 0.2) is 72.8 Å². The van der Waals surface area contributed by atoms with Crippen molar-refractivity contribution in [2.24, 2.45) is 0 Å². The van der Waals surface area contributed by atoms with Gasteiger partial charge in [-0.1, -0.05) is 81.4 Å². The Hall–Kier alpha value is -3.40. The van der Waals surface area contributed by atoms with Crippen LogP contribution in [0.2, 0.25) is 0 Å². The number of carbonyl (C=O) groups is 1. The molecule has 4 heteroatoms. The van der Waals surface area contributed by atoms with Crippen molar-refractivity contribution >= 4 is 16.9 Å². The number of benzene rings is 3. The highest BCUT2D eigenvalue weighted by atomic mass is 16.1. The van der Waals surface area contributed by atoms with Crippen LogP contribution in [-0.4, -0.2) is 15.5 Å². The maximum Gasteiger partial charge on any atom is 0.225 e. The molecule has 0 bridgehead atoms. The van der Waals surface area contributed by atoms with Crippen LogP contribution in [0.3, 0.4) is 0 Å². The number of nitrogens with one attached hydrogen (secondary N) is 1. The Kier molecular flexibility index (Phi) is 6.37. The van der Waals surface area contributed by atoms with Crippen molar-refractivity contribution in [2.45, 2.75) is 59.0 Å². The number of hydrogen-bond acceptors (Lipinski definition) is 2. The first-order valence-electron chi connectivity index (χ1n) is 11.6. The number of fused-ring (bicyclic) bond motifs is 1. The van der Waals surface area contributed by atoms with Crippen LogP contribution >= 0.6 is 0 Å². The van der Waals surface area contributed by atoms with Gasteiger partial charge < -0.3 is 9.88 Å². The first-order chi connectivity index (χ1) is 15.7. The maximum absolute atomic E-state index is 12.8. The third kappa shape index (κ3) is 5.16. The quantitative estimate of drug-likeness (QED) is 0.394. The third-order valence-electron chi connectivity index (χ3n) is 6.22. The van der Waals surface area contributed by atoms with E-state index in [1.165, 1.54) is 11.1 Å². The Morgan fingerprint density at radius 1 is 0.970 bits per heavy atom. The van der Waals surface area contributed by atoms with Gasteiger partial charge in [0.15, 0.2) is 0 Å². The summed E-state index contributed by atoms with van der Waals surface area (Å²) in [5.41, 5.74) is 6.86. The van der Waals surface area contributed by atoms with Crippen LogP contribution in [0, 0.1) is 6.92 Å². The lowest BCUT2D eigenvalue weighted by Gasteiger charge is -2.20. The smallest absolute Gasteiger partial charge is 0.225 e. The maximum atomic E-state index is 12.8. The highest BCUT2D eigenvalue weighted by molar-refractivity contribution is 5.80. The molecule has 0 spiro atoms. The minimum atomic E-state index is -0.206. The zero-order valence-electron chi connectivity index (χ0n) is 20.2. The molecule has 1 heterocycles. The largest absolute Gasteiger partial charge is 0.346 e. The molecule has 0 saturated heterocycles. The molecule has 4 aromatic rings. The SMILES string of the molecule is Cc1ccccc1CC(=O)NC(C)c1nc2ccccc2n1Cc1ccc(C(C)(C)C)cc1. The van der Waals surface area contributed by atoms with E-state index in [4.69, 9.17) is 4.98 Å². The molecule has 1 amide bonds. The highest BCUT2D eigenvalue weighted by Crippen LogP contribution is 2.25. The van der Waals surface area contributed by atoms with Crippen molar-refractivity contribution in [3.63, 3.8) is 0 Å². The molecule has 0 saturated carbocycles. The molecule has 1 aromatic heterocycles. The van der Waals surface area contributed by atoms with Gasteiger partial charge in [0.05, 0.1) is 23.5 Å². The summed E-state index contributed by atoms with van der Waals surface area (Å²) in [7, 11) is 0. The van der Waals surface area contributed by atoms with E-state index >= 15 is 0 Å². The van der Waals surface area contributed by atoms with Crippen LogP contribution < -0.4 is 5.32 Å². The number of hydrogen-bond donors (Lipinski definition) is 1. The first kappa shape index (κ1) is 22.8. The molecule has 1 N–H and O–H groups in total. The van der Waals surface area contributed by atoms with Crippen molar-refractivity contribution in [2.75, 3.05) is 0 Å². The molecule has 33 heavy (non-hydrogen) atoms. The number of aromatic nitrogens is 2. The number of nitrogens with zero attached hydrogens (tertiary/aromatic N) is 2. The number of rotatable bonds is 6. The average Bonchev–Trinajstić information content (AvgIpc) is 3.14. The van der Waals surface area contributed by atoms with E-state index < -0.39 is 0 Å². The van der Waals surface area contributed by atoms with E-state index in [-0.39, 0.29) is 17.4 Å². The molecule has 0 radical (unpaired) electrons. The summed E-state index contributed by atoms with van der Waals surface area (Å²) < 4.78 is 2.22. The van der Waals surface area contributed by atoms with Crippen molar-refractivity contribution < 1.29 is 4.79 Å². The Balaban J connectivity index is 1.59. The summed E-state index contributed by atoms with van der Waals surface area (Å²) in [5.74, 6) is 0.874. The lowest BCUT2D eigenvalue weighted by molar-refractivity contribution is -0.121. The number of carbonyl (C=O) groups excluding carboxylic acids is 1. The highest BCUT2D eigenvalue weighted by Gasteiger charge is 2.19. The van der Waals surface area contributed by atoms with E-state index in [2.05, 4.69) is 61.0 Å². The fourth-order valence-corrected chi connectivity index (χ4v) is 4.22. The van der Waals surface area contributed by atoms with Gasteiger partial charge in [-0.25, -0.2) is 4.98 Å². The van der Waals surface area contributed by atoms with Gasteiger partial charge in [-0.05, 0) is 53.6 Å². The van der Waals surface area contributed by atoms with Crippen LogP contribution in [0.5, 0.6) is 0 Å². The molecule has 1 atom stereocenters. The molecule has 3 aromatic carbocycles. The van der Waals surface area contributed by atoms with E-state index in [1.54, 1.807) is 0 Å². The minimum Gasteiger partial charge on any atom is -0.346 e. The number of para-hydroxylation sites is 2. The molecule has 0 aliphatic heterocycles. The normalized spacial score (nSPS) is 12.6. The van der Waals surface area contributed by atoms with Gasteiger partial charge in [-0.3, -0.25) is 4.79 Å². The summed E-state index contributed by atoms with van der Waals surface area (Å²) in [6.07, 6.45) is 0.367. The molecule has 0 fully saturated rings. The fraction of sp³-hybridized carbons (Fsp3) is 0.310. The second kappa shape index (κ2) is 9.22. The van der Waals surface area contributed by atoms with Crippen LogP contribution in [-0.2, 0) is 23.2 Å². The Labute approximate surface area is 196 Å². The topological polar surface area (TPSA) is 46.9 Å². The van der Waals surface area contributed by atoms with E-state index in [1.807, 2.05) is 56.3 Å². The first-order valence-corrected chi connectivity index (χ1v) is 11.6. The van der Waals surface area contributed by atoms with Crippen LogP contribution in [0.25, 0.3) is 11.0 Å². The molecule has 170 valence electrons. The second-order valence-electron chi connectivity index (χ2n) is 9.88. The standard InChI is InChI=1S/C29H33N3O/c1-20-10-6-7-11-23(20)18-27(33)30-21(2)28-31-25-12-8-9-13-26(25)32(28)19-22-14-16-24(17-15-22)29(3,4)5/h6-17,21H,18-19H2,1-5H3,(H,30,33). The van der Waals surface area contributed by atoms with Crippen LogP contribution in [0.4, 0.5) is 0 Å². The van der Waals surface area contributed by atoms with Gasteiger partial charge in [-0.15, -0.1) is 0 Å². The van der Waals surface area contributed by atoms with Gasteiger partial charge in [-0.2, -0.15) is 0 Å². The molecule has 1 unspecified atom stereocenters. The van der Waals surface area contributed by atoms with Crippen molar-refractivity contribution in [3.8, 4) is 0 Å². The van der Waals surface area contributed by atoms with Gasteiger partial charge in [0.25, 0.3) is 0 Å².